The van der Waals surface area contributed by atoms with Gasteiger partial charge in [0.15, 0.2) is 27.1 Å². The summed E-state index contributed by atoms with van der Waals surface area (Å²) in [4.78, 5) is 41.9. The Kier molecular flexibility index (Phi) is 7.04. The Hall–Kier alpha value is -3.80. The highest BCUT2D eigenvalue weighted by atomic mass is 32.2. The molecule has 11 nitrogen and oxygen atoms in total. The van der Waals surface area contributed by atoms with Crippen molar-refractivity contribution in [2.75, 3.05) is 11.1 Å². The molecular formula is C29H34N8O3S. The van der Waals surface area contributed by atoms with Crippen molar-refractivity contribution in [2.45, 2.75) is 82.7 Å². The van der Waals surface area contributed by atoms with Crippen molar-refractivity contribution in [3.05, 3.63) is 58.3 Å². The lowest BCUT2D eigenvalue weighted by atomic mass is 10.0. The molecule has 2 aliphatic rings. The molecule has 4 aromatic rings. The van der Waals surface area contributed by atoms with Crippen LogP contribution in [-0.4, -0.2) is 48.6 Å². The monoisotopic (exact) mass is 574 g/mol. The van der Waals surface area contributed by atoms with Crippen molar-refractivity contribution in [2.24, 2.45) is 5.92 Å². The van der Waals surface area contributed by atoms with Crippen LogP contribution in [0.3, 0.4) is 0 Å². The molecule has 0 aromatic carbocycles. The van der Waals surface area contributed by atoms with Crippen molar-refractivity contribution >= 4 is 26.8 Å². The second-order valence-corrected chi connectivity index (χ2v) is 13.6. The summed E-state index contributed by atoms with van der Waals surface area (Å²) in [5, 5.41) is 3.11. The number of hydrogen-bond donors (Lipinski definition) is 1. The van der Waals surface area contributed by atoms with Gasteiger partial charge in [0.05, 0.1) is 46.0 Å². The molecule has 2 fully saturated rings. The van der Waals surface area contributed by atoms with E-state index >= 15 is 0 Å². The van der Waals surface area contributed by atoms with Crippen molar-refractivity contribution in [3.63, 3.8) is 0 Å². The van der Waals surface area contributed by atoms with Crippen LogP contribution in [0.15, 0.2) is 40.5 Å². The molecule has 2 aliphatic carbocycles. The highest BCUT2D eigenvalue weighted by Crippen LogP contribution is 2.48. The first-order valence-corrected chi connectivity index (χ1v) is 15.9. The predicted octanol–water partition coefficient (Wildman–Crippen LogP) is 4.42. The van der Waals surface area contributed by atoms with Crippen LogP contribution in [0.2, 0.25) is 0 Å². The van der Waals surface area contributed by atoms with Gasteiger partial charge in [0, 0.05) is 24.1 Å². The Bertz CT molecular complexity index is 1750. The first-order valence-electron chi connectivity index (χ1n) is 14.2. The number of fused-ring (bicyclic) bond motifs is 1. The van der Waals surface area contributed by atoms with Crippen LogP contribution in [0, 0.1) is 5.92 Å². The molecule has 0 radical (unpaired) electrons. The Morgan fingerprint density at radius 3 is 2.20 bits per heavy atom. The van der Waals surface area contributed by atoms with E-state index in [-0.39, 0.29) is 40.5 Å². The molecule has 12 heteroatoms. The summed E-state index contributed by atoms with van der Waals surface area (Å²) in [5.41, 5.74) is 4.19. The largest absolute Gasteiger partial charge is 0.360 e. The number of rotatable bonds is 10. The maximum absolute atomic E-state index is 13.8. The van der Waals surface area contributed by atoms with E-state index in [0.717, 1.165) is 42.6 Å². The van der Waals surface area contributed by atoms with E-state index in [1.807, 2.05) is 6.92 Å². The number of nitrogens with zero attached hydrogens (tertiary/aromatic N) is 7. The van der Waals surface area contributed by atoms with E-state index in [4.69, 9.17) is 9.97 Å². The molecule has 0 saturated heterocycles. The van der Waals surface area contributed by atoms with E-state index in [2.05, 4.69) is 39.1 Å². The summed E-state index contributed by atoms with van der Waals surface area (Å²) in [6, 6.07) is 3.01. The standard InChI is InChI=1S/C29H34N8O3S/c1-5-41(39,40)21-11-10-20(30-13-21)12-31-27-29(38)37(17(4)16(2)3)28-22(35-27)14-32-26(36-28)23-24(18-6-7-18)33-15-34-25(23)19-8-9-19/h10-11,13-19H,5-9,12H2,1-4H3,(H,31,35)/t17-/m1/s1. The van der Waals surface area contributed by atoms with Gasteiger partial charge in [0.1, 0.15) is 11.8 Å². The van der Waals surface area contributed by atoms with Gasteiger partial charge in [-0.3, -0.25) is 14.3 Å². The van der Waals surface area contributed by atoms with Gasteiger partial charge in [-0.1, -0.05) is 20.8 Å². The summed E-state index contributed by atoms with van der Waals surface area (Å²) in [7, 11) is -3.34. The smallest absolute Gasteiger partial charge is 0.295 e. The van der Waals surface area contributed by atoms with E-state index in [1.54, 1.807) is 30.1 Å². The van der Waals surface area contributed by atoms with Gasteiger partial charge in [0.25, 0.3) is 5.56 Å². The Labute approximate surface area is 238 Å². The molecular weight excluding hydrogens is 540 g/mol. The molecule has 0 bridgehead atoms. The van der Waals surface area contributed by atoms with E-state index < -0.39 is 9.84 Å². The maximum Gasteiger partial charge on any atom is 0.295 e. The minimum absolute atomic E-state index is 0.00569. The fourth-order valence-electron chi connectivity index (χ4n) is 4.93. The maximum atomic E-state index is 13.8. The summed E-state index contributed by atoms with van der Waals surface area (Å²) < 4.78 is 25.9. The number of hydrogen-bond acceptors (Lipinski definition) is 10. The highest BCUT2D eigenvalue weighted by Gasteiger charge is 2.35. The van der Waals surface area contributed by atoms with Crippen LogP contribution in [0.4, 0.5) is 5.82 Å². The quantitative estimate of drug-likeness (QED) is 0.289. The van der Waals surface area contributed by atoms with Crippen LogP contribution in [0.1, 0.15) is 88.3 Å². The van der Waals surface area contributed by atoms with Crippen molar-refractivity contribution < 1.29 is 8.42 Å². The third kappa shape index (κ3) is 5.32. The minimum Gasteiger partial charge on any atom is -0.360 e. The van der Waals surface area contributed by atoms with Crippen molar-refractivity contribution in [1.29, 1.82) is 0 Å². The van der Waals surface area contributed by atoms with Crippen molar-refractivity contribution in [1.82, 2.24) is 34.5 Å². The zero-order valence-electron chi connectivity index (χ0n) is 23.7. The number of anilines is 1. The summed E-state index contributed by atoms with van der Waals surface area (Å²) in [6.45, 7) is 7.93. The second kappa shape index (κ2) is 10.6. The summed E-state index contributed by atoms with van der Waals surface area (Å²) in [5.74, 6) is 1.66. The van der Waals surface area contributed by atoms with Crippen molar-refractivity contribution in [3.8, 4) is 11.4 Å². The normalized spacial score (nSPS) is 16.3. The zero-order chi connectivity index (χ0) is 28.9. The second-order valence-electron chi connectivity index (χ2n) is 11.3. The molecule has 0 aliphatic heterocycles. The molecule has 4 aromatic heterocycles. The predicted molar refractivity (Wildman–Crippen MR) is 155 cm³/mol. The summed E-state index contributed by atoms with van der Waals surface area (Å²) >= 11 is 0. The lowest BCUT2D eigenvalue weighted by molar-refractivity contribution is 0.406. The number of sulfone groups is 1. The molecule has 2 saturated carbocycles. The third-order valence-electron chi connectivity index (χ3n) is 8.04. The van der Waals surface area contributed by atoms with Gasteiger partial charge in [-0.2, -0.15) is 0 Å². The van der Waals surface area contributed by atoms with Gasteiger partial charge < -0.3 is 5.32 Å². The average molecular weight is 575 g/mol. The van der Waals surface area contributed by atoms with Gasteiger partial charge in [-0.05, 0) is 50.7 Å². The Morgan fingerprint density at radius 2 is 1.63 bits per heavy atom. The van der Waals surface area contributed by atoms with Gasteiger partial charge in [-0.15, -0.1) is 0 Å². The molecule has 1 atom stereocenters. The van der Waals surface area contributed by atoms with Crippen LogP contribution < -0.4 is 10.9 Å². The number of aromatic nitrogens is 7. The van der Waals surface area contributed by atoms with Crippen LogP contribution >= 0.6 is 0 Å². The van der Waals surface area contributed by atoms with Crippen LogP contribution in [0.25, 0.3) is 22.6 Å². The first-order chi connectivity index (χ1) is 19.7. The van der Waals surface area contributed by atoms with Gasteiger partial charge >= 0.3 is 0 Å². The molecule has 0 amide bonds. The fraction of sp³-hybridized carbons (Fsp3) is 0.483. The van der Waals surface area contributed by atoms with Gasteiger partial charge in [-0.25, -0.2) is 33.3 Å². The topological polar surface area (TPSA) is 146 Å². The van der Waals surface area contributed by atoms with E-state index in [9.17, 15) is 13.2 Å². The lowest BCUT2D eigenvalue weighted by Crippen LogP contribution is -2.30. The third-order valence-corrected chi connectivity index (χ3v) is 9.76. The molecule has 1 N–H and O–H groups in total. The zero-order valence-corrected chi connectivity index (χ0v) is 24.5. The van der Waals surface area contributed by atoms with E-state index in [0.29, 0.717) is 34.5 Å². The Morgan fingerprint density at radius 1 is 0.951 bits per heavy atom. The number of pyridine rings is 1. The molecule has 214 valence electrons. The first kappa shape index (κ1) is 27.4. The molecule has 0 spiro atoms. The van der Waals surface area contributed by atoms with Crippen LogP contribution in [-0.2, 0) is 16.4 Å². The lowest BCUT2D eigenvalue weighted by Gasteiger charge is -2.22. The molecule has 6 rings (SSSR count). The van der Waals surface area contributed by atoms with E-state index in [1.165, 1.54) is 12.3 Å². The SMILES string of the molecule is CCS(=O)(=O)c1ccc(CNc2nc3cnc(-c4c(C5CC5)ncnc4C4CC4)nc3n([C@H](C)C(C)C)c2=O)nc1. The average Bonchev–Trinajstić information content (AvgIpc) is 3.89. The minimum atomic E-state index is -3.34. The Balaban J connectivity index is 1.40. The van der Waals surface area contributed by atoms with Gasteiger partial charge in [0.2, 0.25) is 0 Å². The highest BCUT2D eigenvalue weighted by molar-refractivity contribution is 7.91. The molecule has 0 unspecified atom stereocenters. The van der Waals surface area contributed by atoms with Crippen LogP contribution in [0.5, 0.6) is 0 Å². The molecule has 41 heavy (non-hydrogen) atoms. The molecule has 4 heterocycles. The summed E-state index contributed by atoms with van der Waals surface area (Å²) in [6.07, 6.45) is 9.07. The fourth-order valence-corrected chi connectivity index (χ4v) is 5.75. The number of nitrogens with one attached hydrogen (secondary N) is 1.